The van der Waals surface area contributed by atoms with Crippen molar-refractivity contribution < 1.29 is 10.2 Å². The number of aliphatic hydroxyl groups is 2. The second-order valence-electron chi connectivity index (χ2n) is 3.50. The summed E-state index contributed by atoms with van der Waals surface area (Å²) in [6.07, 6.45) is 1.60. The van der Waals surface area contributed by atoms with Gasteiger partial charge in [0.05, 0.1) is 19.0 Å². The maximum atomic E-state index is 9.20. The molecule has 0 aromatic carbocycles. The van der Waals surface area contributed by atoms with E-state index in [-0.39, 0.29) is 6.61 Å². The van der Waals surface area contributed by atoms with Crippen molar-refractivity contribution in [3.05, 3.63) is 12.2 Å². The highest BCUT2D eigenvalue weighted by Crippen LogP contribution is 2.13. The first-order valence-electron chi connectivity index (χ1n) is 4.95. The molecule has 2 rings (SSSR count). The van der Waals surface area contributed by atoms with E-state index in [0.717, 1.165) is 0 Å². The number of nitrogens with one attached hydrogen (secondary N) is 1. The molecule has 16 heavy (non-hydrogen) atoms. The number of imidazole rings is 1. The number of anilines is 1. The molecule has 5 N–H and O–H groups in total. The molecule has 86 valence electrons. The van der Waals surface area contributed by atoms with E-state index in [4.69, 9.17) is 10.8 Å². The van der Waals surface area contributed by atoms with E-state index in [1.54, 1.807) is 0 Å². The fourth-order valence-electron chi connectivity index (χ4n) is 1.40. The molecule has 0 saturated heterocycles. The monoisotopic (exact) mass is 223 g/mol. The predicted molar refractivity (Wildman–Crippen MR) is 57.5 cm³/mol. The molecule has 0 aliphatic heterocycles. The Morgan fingerprint density at radius 2 is 2.25 bits per heavy atom. The van der Waals surface area contributed by atoms with Crippen molar-refractivity contribution in [3.63, 3.8) is 0 Å². The highest BCUT2D eigenvalue weighted by molar-refractivity contribution is 5.80. The lowest BCUT2D eigenvalue weighted by atomic mass is 10.2. The third-order valence-corrected chi connectivity index (χ3v) is 2.27. The number of fused-ring (bicyclic) bond motifs is 1. The van der Waals surface area contributed by atoms with Gasteiger partial charge in [-0.05, 0) is 6.42 Å². The number of rotatable bonds is 4. The Morgan fingerprint density at radius 1 is 1.44 bits per heavy atom. The lowest BCUT2D eigenvalue weighted by molar-refractivity contribution is 0.0881. The summed E-state index contributed by atoms with van der Waals surface area (Å²) in [5.74, 6) is 0.862. The van der Waals surface area contributed by atoms with E-state index in [0.29, 0.717) is 35.6 Å². The molecule has 7 heteroatoms. The Hall–Kier alpha value is -1.73. The number of hydrogen-bond donors (Lipinski definition) is 4. The van der Waals surface area contributed by atoms with E-state index in [9.17, 15) is 5.11 Å². The molecule has 0 bridgehead atoms. The first-order chi connectivity index (χ1) is 7.70. The van der Waals surface area contributed by atoms with Gasteiger partial charge in [0.1, 0.15) is 11.3 Å². The predicted octanol–water partition coefficient (Wildman–Crippen LogP) is -0.779. The molecule has 0 aliphatic rings. The van der Waals surface area contributed by atoms with Crippen LogP contribution in [0.25, 0.3) is 11.2 Å². The Balaban J connectivity index is 2.18. The summed E-state index contributed by atoms with van der Waals surface area (Å²) >= 11 is 0. The molecule has 0 spiro atoms. The fraction of sp³-hybridized carbons (Fsp3) is 0.444. The minimum atomic E-state index is -0.750. The summed E-state index contributed by atoms with van der Waals surface area (Å²) in [5.41, 5.74) is 6.84. The third-order valence-electron chi connectivity index (χ3n) is 2.27. The van der Waals surface area contributed by atoms with Gasteiger partial charge in [0.2, 0.25) is 0 Å². The molecular formula is C9H13N5O2. The SMILES string of the molecule is Nc1nc(CCC(O)CO)nc2nc[nH]c12. The van der Waals surface area contributed by atoms with Gasteiger partial charge in [-0.15, -0.1) is 0 Å². The minimum absolute atomic E-state index is 0.264. The number of nitrogens with two attached hydrogens (primary N) is 1. The van der Waals surface area contributed by atoms with Crippen LogP contribution in [0.2, 0.25) is 0 Å². The smallest absolute Gasteiger partial charge is 0.183 e. The van der Waals surface area contributed by atoms with E-state index in [2.05, 4.69) is 19.9 Å². The van der Waals surface area contributed by atoms with E-state index >= 15 is 0 Å². The summed E-state index contributed by atoms with van der Waals surface area (Å²) in [5, 5.41) is 17.9. The number of aromatic amines is 1. The van der Waals surface area contributed by atoms with Crippen LogP contribution in [0, 0.1) is 0 Å². The molecule has 0 fully saturated rings. The average molecular weight is 223 g/mol. The van der Waals surface area contributed by atoms with Crippen LogP contribution in [-0.4, -0.2) is 42.9 Å². The van der Waals surface area contributed by atoms with Crippen molar-refractivity contribution in [2.45, 2.75) is 18.9 Å². The third kappa shape index (κ3) is 2.10. The Kier molecular flexibility index (Phi) is 2.97. The van der Waals surface area contributed by atoms with Gasteiger partial charge in [-0.3, -0.25) is 0 Å². The normalized spacial score (nSPS) is 13.1. The Morgan fingerprint density at radius 3 is 3.00 bits per heavy atom. The second kappa shape index (κ2) is 4.42. The number of H-pyrrole nitrogens is 1. The highest BCUT2D eigenvalue weighted by Gasteiger charge is 2.09. The van der Waals surface area contributed by atoms with Crippen LogP contribution in [0.5, 0.6) is 0 Å². The molecule has 0 amide bonds. The van der Waals surface area contributed by atoms with E-state index < -0.39 is 6.10 Å². The molecule has 2 aromatic heterocycles. The lowest BCUT2D eigenvalue weighted by Gasteiger charge is -2.06. The molecule has 1 unspecified atom stereocenters. The van der Waals surface area contributed by atoms with Crippen molar-refractivity contribution in [2.75, 3.05) is 12.3 Å². The van der Waals surface area contributed by atoms with Crippen molar-refractivity contribution >= 4 is 17.0 Å². The van der Waals surface area contributed by atoms with E-state index in [1.165, 1.54) is 6.33 Å². The van der Waals surface area contributed by atoms with Gasteiger partial charge in [-0.2, -0.15) is 0 Å². The van der Waals surface area contributed by atoms with Gasteiger partial charge in [-0.25, -0.2) is 15.0 Å². The number of aromatic nitrogens is 4. The Bertz CT molecular complexity index is 484. The highest BCUT2D eigenvalue weighted by atomic mass is 16.3. The summed E-state index contributed by atoms with van der Waals surface area (Å²) in [6, 6.07) is 0. The summed E-state index contributed by atoms with van der Waals surface area (Å²) in [4.78, 5) is 15.1. The molecule has 7 nitrogen and oxygen atoms in total. The summed E-state index contributed by atoms with van der Waals surface area (Å²) < 4.78 is 0. The zero-order chi connectivity index (χ0) is 11.5. The quantitative estimate of drug-likeness (QED) is 0.539. The van der Waals surface area contributed by atoms with Crippen LogP contribution in [0.1, 0.15) is 12.2 Å². The molecule has 1 atom stereocenters. The Labute approximate surface area is 91.4 Å². The molecule has 0 aliphatic carbocycles. The van der Waals surface area contributed by atoms with Crippen molar-refractivity contribution in [3.8, 4) is 0 Å². The molecule has 0 saturated carbocycles. The lowest BCUT2D eigenvalue weighted by Crippen LogP contribution is -2.14. The van der Waals surface area contributed by atoms with Crippen molar-refractivity contribution in [2.24, 2.45) is 0 Å². The molecular weight excluding hydrogens is 210 g/mol. The first kappa shape index (κ1) is 10.8. The van der Waals surface area contributed by atoms with Crippen LogP contribution < -0.4 is 5.73 Å². The van der Waals surface area contributed by atoms with Gasteiger partial charge < -0.3 is 20.9 Å². The maximum Gasteiger partial charge on any atom is 0.183 e. The van der Waals surface area contributed by atoms with Crippen molar-refractivity contribution in [1.82, 2.24) is 19.9 Å². The van der Waals surface area contributed by atoms with E-state index in [1.807, 2.05) is 0 Å². The molecule has 2 heterocycles. The number of nitrogen functional groups attached to an aromatic ring is 1. The van der Waals surface area contributed by atoms with Crippen LogP contribution in [0.3, 0.4) is 0 Å². The van der Waals surface area contributed by atoms with Gasteiger partial charge in [0.15, 0.2) is 11.5 Å². The zero-order valence-electron chi connectivity index (χ0n) is 8.59. The number of nitrogens with zero attached hydrogens (tertiary/aromatic N) is 3. The first-order valence-corrected chi connectivity index (χ1v) is 4.95. The van der Waals surface area contributed by atoms with Crippen LogP contribution in [-0.2, 0) is 6.42 Å². The van der Waals surface area contributed by atoms with Crippen LogP contribution >= 0.6 is 0 Å². The fourth-order valence-corrected chi connectivity index (χ4v) is 1.40. The van der Waals surface area contributed by atoms with Gasteiger partial charge in [-0.1, -0.05) is 0 Å². The van der Waals surface area contributed by atoms with Gasteiger partial charge in [0, 0.05) is 6.42 Å². The molecule has 0 radical (unpaired) electrons. The number of aryl methyl sites for hydroxylation is 1. The maximum absolute atomic E-state index is 9.20. The standard InChI is InChI=1S/C9H13N5O2/c10-8-7-9(12-4-11-7)14-6(13-8)2-1-5(16)3-15/h4-5,15-16H,1-3H2,(H3,10,11,12,13,14). The summed E-state index contributed by atoms with van der Waals surface area (Å²) in [6.45, 7) is -0.264. The number of hydrogen-bond acceptors (Lipinski definition) is 6. The van der Waals surface area contributed by atoms with Gasteiger partial charge in [0.25, 0.3) is 0 Å². The average Bonchev–Trinajstić information content (AvgIpc) is 2.74. The van der Waals surface area contributed by atoms with Crippen LogP contribution in [0.15, 0.2) is 6.33 Å². The minimum Gasteiger partial charge on any atom is -0.394 e. The summed E-state index contributed by atoms with van der Waals surface area (Å²) in [7, 11) is 0. The molecule has 2 aromatic rings. The second-order valence-corrected chi connectivity index (χ2v) is 3.50. The largest absolute Gasteiger partial charge is 0.394 e. The van der Waals surface area contributed by atoms with Crippen LogP contribution in [0.4, 0.5) is 5.82 Å². The van der Waals surface area contributed by atoms with Gasteiger partial charge >= 0.3 is 0 Å². The zero-order valence-corrected chi connectivity index (χ0v) is 8.59. The number of aliphatic hydroxyl groups excluding tert-OH is 2. The topological polar surface area (TPSA) is 121 Å². The van der Waals surface area contributed by atoms with Crippen molar-refractivity contribution in [1.29, 1.82) is 0 Å².